The Morgan fingerprint density at radius 3 is 2.26 bits per heavy atom. The monoisotopic (exact) mass is 663 g/mol. The van der Waals surface area contributed by atoms with Crippen molar-refractivity contribution >= 4 is 62.3 Å². The quantitative estimate of drug-likeness (QED) is 0.231. The van der Waals surface area contributed by atoms with E-state index in [1.54, 1.807) is 36.4 Å². The molecule has 1 N–H and O–H groups in total. The fourth-order valence-corrected chi connectivity index (χ4v) is 7.36. The Kier molecular flexibility index (Phi) is 11.4. The molecule has 0 saturated heterocycles. The summed E-state index contributed by atoms with van der Waals surface area (Å²) >= 11 is 19.3. The molecule has 1 saturated carbocycles. The third-order valence-corrected chi connectivity index (χ3v) is 10.4. The summed E-state index contributed by atoms with van der Waals surface area (Å²) in [4.78, 5) is 29.3. The number of hydrogen-bond acceptors (Lipinski definition) is 4. The van der Waals surface area contributed by atoms with Crippen molar-refractivity contribution in [3.05, 3.63) is 92.9 Å². The van der Waals surface area contributed by atoms with Crippen molar-refractivity contribution in [3.63, 3.8) is 0 Å². The lowest BCUT2D eigenvalue weighted by Crippen LogP contribution is -2.54. The lowest BCUT2D eigenvalue weighted by molar-refractivity contribution is -0.140. The lowest BCUT2D eigenvalue weighted by atomic mass is 9.95. The molecule has 0 heterocycles. The molecule has 3 aromatic carbocycles. The summed E-state index contributed by atoms with van der Waals surface area (Å²) in [6, 6.07) is 17.0. The maximum absolute atomic E-state index is 14.3. The highest BCUT2D eigenvalue weighted by Crippen LogP contribution is 2.33. The first-order valence-corrected chi connectivity index (χ1v) is 17.0. The predicted molar refractivity (Wildman–Crippen MR) is 173 cm³/mol. The number of nitrogens with zero attached hydrogens (tertiary/aromatic N) is 2. The van der Waals surface area contributed by atoms with Gasteiger partial charge in [0.05, 0.1) is 15.6 Å². The number of anilines is 1. The highest BCUT2D eigenvalue weighted by Gasteiger charge is 2.35. The number of rotatable bonds is 11. The van der Waals surface area contributed by atoms with Gasteiger partial charge in [-0.15, -0.1) is 0 Å². The van der Waals surface area contributed by atoms with E-state index in [0.29, 0.717) is 17.0 Å². The minimum absolute atomic E-state index is 0.0107. The van der Waals surface area contributed by atoms with Crippen molar-refractivity contribution in [2.45, 2.75) is 75.9 Å². The van der Waals surface area contributed by atoms with E-state index >= 15 is 0 Å². The summed E-state index contributed by atoms with van der Waals surface area (Å²) in [6.45, 7) is 3.07. The first-order valence-electron chi connectivity index (χ1n) is 14.4. The van der Waals surface area contributed by atoms with Crippen LogP contribution in [0, 0.1) is 6.92 Å². The van der Waals surface area contributed by atoms with E-state index in [0.717, 1.165) is 42.0 Å². The van der Waals surface area contributed by atoms with Gasteiger partial charge in [0, 0.05) is 22.6 Å². The van der Waals surface area contributed by atoms with Gasteiger partial charge < -0.3 is 10.2 Å². The molecule has 43 heavy (non-hydrogen) atoms. The fourth-order valence-electron chi connectivity index (χ4n) is 5.30. The van der Waals surface area contributed by atoms with E-state index in [4.69, 9.17) is 34.8 Å². The smallest absolute Gasteiger partial charge is 0.264 e. The van der Waals surface area contributed by atoms with Crippen LogP contribution in [0.25, 0.3) is 0 Å². The summed E-state index contributed by atoms with van der Waals surface area (Å²) < 4.78 is 29.1. The Morgan fingerprint density at radius 1 is 0.930 bits per heavy atom. The van der Waals surface area contributed by atoms with E-state index in [9.17, 15) is 18.0 Å². The summed E-state index contributed by atoms with van der Waals surface area (Å²) in [5.41, 5.74) is 1.57. The van der Waals surface area contributed by atoms with E-state index in [2.05, 4.69) is 5.32 Å². The number of sulfonamides is 1. The van der Waals surface area contributed by atoms with Crippen LogP contribution < -0.4 is 9.62 Å². The van der Waals surface area contributed by atoms with Gasteiger partial charge >= 0.3 is 0 Å². The summed E-state index contributed by atoms with van der Waals surface area (Å²) in [7, 11) is -4.28. The normalized spacial score (nSPS) is 14.6. The number of nitrogens with one attached hydrogen (secondary N) is 1. The second-order valence-corrected chi connectivity index (χ2v) is 13.9. The van der Waals surface area contributed by atoms with Gasteiger partial charge in [0.1, 0.15) is 12.6 Å². The van der Waals surface area contributed by atoms with Crippen LogP contribution >= 0.6 is 34.8 Å². The molecule has 0 aromatic heterocycles. The van der Waals surface area contributed by atoms with Crippen molar-refractivity contribution in [3.8, 4) is 0 Å². The van der Waals surface area contributed by atoms with Crippen LogP contribution in [-0.2, 0) is 26.2 Å². The highest BCUT2D eigenvalue weighted by atomic mass is 35.5. The lowest BCUT2D eigenvalue weighted by Gasteiger charge is -2.34. The Bertz CT molecular complexity index is 1540. The molecule has 3 aromatic rings. The Balaban J connectivity index is 1.74. The number of aryl methyl sites for hydroxylation is 1. The van der Waals surface area contributed by atoms with Crippen molar-refractivity contribution in [2.24, 2.45) is 0 Å². The minimum Gasteiger partial charge on any atom is -0.352 e. The van der Waals surface area contributed by atoms with Crippen molar-refractivity contribution in [2.75, 3.05) is 10.8 Å². The molecule has 0 aliphatic heterocycles. The second kappa shape index (κ2) is 14.8. The fraction of sp³-hybridized carbons (Fsp3) is 0.375. The number of benzene rings is 3. The average Bonchev–Trinajstić information content (AvgIpc) is 2.98. The van der Waals surface area contributed by atoms with Gasteiger partial charge in [0.2, 0.25) is 11.8 Å². The van der Waals surface area contributed by atoms with Crippen LogP contribution in [0.5, 0.6) is 0 Å². The molecule has 1 fully saturated rings. The number of halogens is 3. The minimum atomic E-state index is -4.28. The van der Waals surface area contributed by atoms with Crippen LogP contribution in [0.4, 0.5) is 5.69 Å². The molecule has 7 nitrogen and oxygen atoms in total. The van der Waals surface area contributed by atoms with Crippen molar-refractivity contribution in [1.82, 2.24) is 10.2 Å². The largest absolute Gasteiger partial charge is 0.352 e. The van der Waals surface area contributed by atoms with E-state index < -0.39 is 28.5 Å². The van der Waals surface area contributed by atoms with Gasteiger partial charge in [0.25, 0.3) is 10.0 Å². The van der Waals surface area contributed by atoms with Gasteiger partial charge in [-0.3, -0.25) is 13.9 Å². The third kappa shape index (κ3) is 8.24. The maximum atomic E-state index is 14.3. The molecule has 4 rings (SSSR count). The predicted octanol–water partition coefficient (Wildman–Crippen LogP) is 7.41. The topological polar surface area (TPSA) is 86.8 Å². The van der Waals surface area contributed by atoms with Crippen LogP contribution in [-0.4, -0.2) is 43.8 Å². The van der Waals surface area contributed by atoms with Crippen molar-refractivity contribution in [1.29, 1.82) is 0 Å². The molecule has 0 bridgehead atoms. The van der Waals surface area contributed by atoms with E-state index in [1.807, 2.05) is 13.8 Å². The zero-order chi connectivity index (χ0) is 31.1. The first-order chi connectivity index (χ1) is 20.5. The first kappa shape index (κ1) is 33.1. The standard InChI is InChI=1S/C32H36Cl3N3O4S/c1-3-29(32(40)36-25-10-5-4-6-11-25)37(20-23-9-7-8-12-27(23)34)31(39)21-38(30-19-24(33)15-18-28(30)35)43(41,42)26-16-13-22(2)14-17-26/h7-9,12-19,25,29H,3-6,10-11,20-21H2,1-2H3,(H,36,40)/t29-/m0/s1. The molecule has 1 aliphatic carbocycles. The Hall–Kier alpha value is -2.78. The summed E-state index contributed by atoms with van der Waals surface area (Å²) in [5.74, 6) is -0.860. The maximum Gasteiger partial charge on any atom is 0.264 e. The zero-order valence-corrected chi connectivity index (χ0v) is 27.3. The van der Waals surface area contributed by atoms with Gasteiger partial charge in [0.15, 0.2) is 0 Å². The average molecular weight is 665 g/mol. The van der Waals surface area contributed by atoms with Gasteiger partial charge in [-0.1, -0.05) is 96.9 Å². The molecule has 0 radical (unpaired) electrons. The molecular formula is C32H36Cl3N3O4S. The Morgan fingerprint density at radius 2 is 1.60 bits per heavy atom. The number of carbonyl (C=O) groups is 2. The van der Waals surface area contributed by atoms with Gasteiger partial charge in [-0.2, -0.15) is 0 Å². The summed E-state index contributed by atoms with van der Waals surface area (Å²) in [5, 5.41) is 3.92. The van der Waals surface area contributed by atoms with E-state index in [1.165, 1.54) is 35.2 Å². The highest BCUT2D eigenvalue weighted by molar-refractivity contribution is 7.92. The van der Waals surface area contributed by atoms with Gasteiger partial charge in [-0.25, -0.2) is 8.42 Å². The van der Waals surface area contributed by atoms with Crippen LogP contribution in [0.3, 0.4) is 0 Å². The zero-order valence-electron chi connectivity index (χ0n) is 24.2. The number of carbonyl (C=O) groups excluding carboxylic acids is 2. The number of hydrogen-bond donors (Lipinski definition) is 1. The third-order valence-electron chi connectivity index (χ3n) is 7.70. The molecule has 2 amide bonds. The molecule has 1 aliphatic rings. The van der Waals surface area contributed by atoms with Crippen LogP contribution in [0.1, 0.15) is 56.6 Å². The molecule has 0 spiro atoms. The van der Waals surface area contributed by atoms with Gasteiger partial charge in [-0.05, 0) is 68.1 Å². The number of amides is 2. The van der Waals surface area contributed by atoms with Crippen LogP contribution in [0.2, 0.25) is 15.1 Å². The molecule has 230 valence electrons. The Labute approximate surface area is 269 Å². The molecule has 0 unspecified atom stereocenters. The SMILES string of the molecule is CC[C@@H](C(=O)NC1CCCCC1)N(Cc1ccccc1Cl)C(=O)CN(c1cc(Cl)ccc1Cl)S(=O)(=O)c1ccc(C)cc1. The molecular weight excluding hydrogens is 629 g/mol. The second-order valence-electron chi connectivity index (χ2n) is 10.8. The van der Waals surface area contributed by atoms with Crippen molar-refractivity contribution < 1.29 is 18.0 Å². The van der Waals surface area contributed by atoms with Crippen LogP contribution in [0.15, 0.2) is 71.6 Å². The summed E-state index contributed by atoms with van der Waals surface area (Å²) in [6.07, 6.45) is 5.30. The molecule has 11 heteroatoms. The van der Waals surface area contributed by atoms with E-state index in [-0.39, 0.29) is 39.1 Å². The molecule has 1 atom stereocenters.